The summed E-state index contributed by atoms with van der Waals surface area (Å²) in [6.45, 7) is 20.7. The highest BCUT2D eigenvalue weighted by Crippen LogP contribution is 2.43. The number of hydrogen-bond donors (Lipinski definition) is 0. The van der Waals surface area contributed by atoms with E-state index in [9.17, 15) is 0 Å². The second-order valence-corrected chi connectivity index (χ2v) is 10.6. The Balaban J connectivity index is 5.61. The molecular formula is C18H40O2Si. The maximum atomic E-state index is 6.30. The molecule has 1 unspecified atom stereocenters. The number of hydrogen-bond acceptors (Lipinski definition) is 2. The third-order valence-electron chi connectivity index (χ3n) is 3.73. The van der Waals surface area contributed by atoms with Crippen LogP contribution in [-0.2, 0) is 9.16 Å². The quantitative estimate of drug-likeness (QED) is 0.678. The normalized spacial score (nSPS) is 16.3. The Kier molecular flexibility index (Phi) is 7.19. The summed E-state index contributed by atoms with van der Waals surface area (Å²) in [5.74, 6) is 0. The van der Waals surface area contributed by atoms with E-state index in [0.717, 1.165) is 29.7 Å². The van der Waals surface area contributed by atoms with E-state index >= 15 is 0 Å². The Labute approximate surface area is 136 Å². The van der Waals surface area contributed by atoms with Gasteiger partial charge in [0.25, 0.3) is 0 Å². The molecule has 0 aliphatic heterocycles. The second-order valence-electron chi connectivity index (χ2n) is 10.2. The van der Waals surface area contributed by atoms with Gasteiger partial charge in [-0.25, -0.2) is 0 Å². The third-order valence-corrected chi connectivity index (χ3v) is 4.55. The predicted octanol–water partition coefficient (Wildman–Crippen LogP) is 4.35. The molecule has 0 aromatic rings. The first-order valence-electron chi connectivity index (χ1n) is 8.22. The number of ether oxygens (including phenoxy) is 1. The van der Waals surface area contributed by atoms with Gasteiger partial charge in [0, 0.05) is 7.11 Å². The van der Waals surface area contributed by atoms with Gasteiger partial charge >= 0.3 is 0 Å². The average molecular weight is 317 g/mol. The number of methoxy groups -OCH3 is 1. The van der Waals surface area contributed by atoms with Crippen LogP contribution in [0.3, 0.4) is 0 Å². The van der Waals surface area contributed by atoms with Crippen molar-refractivity contribution in [3.05, 3.63) is 0 Å². The molecule has 0 aliphatic carbocycles. The van der Waals surface area contributed by atoms with Crippen molar-refractivity contribution in [2.45, 2.75) is 93.3 Å². The highest BCUT2D eigenvalue weighted by atomic mass is 28.2. The molecule has 0 spiro atoms. The Morgan fingerprint density at radius 3 is 1.33 bits per heavy atom. The minimum Gasteiger partial charge on any atom is -0.420 e. The van der Waals surface area contributed by atoms with E-state index < -0.39 is 0 Å². The fraction of sp³-hybridized carbons (Fsp3) is 1.00. The Morgan fingerprint density at radius 2 is 1.14 bits per heavy atom. The maximum absolute atomic E-state index is 6.30. The van der Waals surface area contributed by atoms with Crippen LogP contribution in [0, 0.1) is 16.2 Å². The minimum atomic E-state index is -0.176. The molecule has 0 bridgehead atoms. The first-order valence-corrected chi connectivity index (χ1v) is 9.04. The van der Waals surface area contributed by atoms with E-state index in [4.69, 9.17) is 9.16 Å². The van der Waals surface area contributed by atoms with Crippen molar-refractivity contribution in [2.75, 3.05) is 7.11 Å². The lowest BCUT2D eigenvalue weighted by Crippen LogP contribution is -2.51. The summed E-state index contributed by atoms with van der Waals surface area (Å²) in [5, 5.41) is 0. The van der Waals surface area contributed by atoms with Crippen LogP contribution in [0.1, 0.15) is 81.6 Å². The fourth-order valence-electron chi connectivity index (χ4n) is 3.40. The molecule has 3 heteroatoms. The van der Waals surface area contributed by atoms with Crippen LogP contribution in [-0.4, -0.2) is 29.3 Å². The lowest BCUT2D eigenvalue weighted by Gasteiger charge is -2.48. The molecule has 128 valence electrons. The second kappa shape index (κ2) is 7.14. The van der Waals surface area contributed by atoms with Crippen molar-refractivity contribution in [2.24, 2.45) is 16.2 Å². The van der Waals surface area contributed by atoms with Gasteiger partial charge in [0.15, 0.2) is 0 Å². The summed E-state index contributed by atoms with van der Waals surface area (Å²) in [7, 11) is 2.59. The van der Waals surface area contributed by atoms with Gasteiger partial charge in [-0.15, -0.1) is 0 Å². The van der Waals surface area contributed by atoms with Crippen molar-refractivity contribution in [1.29, 1.82) is 0 Å². The molecule has 0 aliphatic rings. The molecule has 0 aromatic heterocycles. The Hall–Kier alpha value is 0.137. The van der Waals surface area contributed by atoms with Crippen molar-refractivity contribution < 1.29 is 9.16 Å². The molecule has 0 amide bonds. The molecule has 0 fully saturated rings. The minimum absolute atomic E-state index is 0.147. The molecule has 0 saturated heterocycles. The molecule has 0 aromatic carbocycles. The van der Waals surface area contributed by atoms with Crippen molar-refractivity contribution >= 4 is 10.5 Å². The number of rotatable bonds is 6. The summed E-state index contributed by atoms with van der Waals surface area (Å²) in [6.07, 6.45) is 3.25. The molecule has 0 rings (SSSR count). The maximum Gasteiger partial charge on any atom is 0.146 e. The van der Waals surface area contributed by atoms with Crippen LogP contribution >= 0.6 is 0 Å². The monoisotopic (exact) mass is 316 g/mol. The van der Waals surface area contributed by atoms with Gasteiger partial charge in [-0.05, 0) is 35.5 Å². The van der Waals surface area contributed by atoms with Crippen LogP contribution in [0.15, 0.2) is 0 Å². The Morgan fingerprint density at radius 1 is 0.762 bits per heavy atom. The summed E-state index contributed by atoms with van der Waals surface area (Å²) >= 11 is 0. The zero-order valence-corrected chi connectivity index (χ0v) is 18.5. The van der Waals surface area contributed by atoms with Crippen LogP contribution < -0.4 is 0 Å². The fourth-order valence-corrected chi connectivity index (χ4v) is 3.95. The van der Waals surface area contributed by atoms with Gasteiger partial charge in [0.05, 0.1) is 11.7 Å². The topological polar surface area (TPSA) is 18.5 Å². The van der Waals surface area contributed by atoms with Gasteiger partial charge in [-0.1, -0.05) is 62.3 Å². The van der Waals surface area contributed by atoms with E-state index in [0.29, 0.717) is 0 Å². The van der Waals surface area contributed by atoms with Crippen LogP contribution in [0.5, 0.6) is 0 Å². The SMILES string of the molecule is COC(CC(C)(C)C)C(CC(C)(C)C)(CC(C)(C)C)O[SiH3]. The predicted molar refractivity (Wildman–Crippen MR) is 96.8 cm³/mol. The average Bonchev–Trinajstić information content (AvgIpc) is 2.19. The molecule has 0 saturated carbocycles. The van der Waals surface area contributed by atoms with Gasteiger partial charge in [0.1, 0.15) is 10.5 Å². The van der Waals surface area contributed by atoms with Gasteiger partial charge in [0.2, 0.25) is 0 Å². The lowest BCUT2D eigenvalue weighted by molar-refractivity contribution is -0.123. The molecule has 21 heavy (non-hydrogen) atoms. The largest absolute Gasteiger partial charge is 0.420 e. The standard InChI is InChI=1S/C18H40O2Si/c1-15(2,3)11-14(19-10)18(20-21,12-16(4,5)6)13-17(7,8)9/h14H,11-13H2,1-10,21H3. The van der Waals surface area contributed by atoms with Gasteiger partial charge < -0.3 is 9.16 Å². The van der Waals surface area contributed by atoms with Crippen molar-refractivity contribution in [3.63, 3.8) is 0 Å². The molecular weight excluding hydrogens is 276 g/mol. The van der Waals surface area contributed by atoms with E-state index in [-0.39, 0.29) is 27.9 Å². The zero-order valence-electron chi connectivity index (χ0n) is 16.5. The molecule has 0 radical (unpaired) electrons. The lowest BCUT2D eigenvalue weighted by atomic mass is 9.69. The van der Waals surface area contributed by atoms with E-state index in [1.165, 1.54) is 0 Å². The molecule has 0 N–H and O–H groups in total. The highest BCUT2D eigenvalue weighted by Gasteiger charge is 2.45. The van der Waals surface area contributed by atoms with Gasteiger partial charge in [-0.2, -0.15) is 0 Å². The molecule has 1 atom stereocenters. The summed E-state index contributed by atoms with van der Waals surface area (Å²) in [6, 6.07) is 0. The molecule has 2 nitrogen and oxygen atoms in total. The van der Waals surface area contributed by atoms with Crippen LogP contribution in [0.2, 0.25) is 0 Å². The van der Waals surface area contributed by atoms with E-state index in [2.05, 4.69) is 62.3 Å². The third kappa shape index (κ3) is 8.37. The van der Waals surface area contributed by atoms with Gasteiger partial charge in [-0.3, -0.25) is 0 Å². The smallest absolute Gasteiger partial charge is 0.146 e. The summed E-state index contributed by atoms with van der Waals surface area (Å²) in [5.41, 5.74) is 0.515. The summed E-state index contributed by atoms with van der Waals surface area (Å²) in [4.78, 5) is 0. The Bertz CT molecular complexity index is 289. The van der Waals surface area contributed by atoms with E-state index in [1.807, 2.05) is 7.11 Å². The van der Waals surface area contributed by atoms with Crippen LogP contribution in [0.4, 0.5) is 0 Å². The van der Waals surface area contributed by atoms with Crippen LogP contribution in [0.25, 0.3) is 0 Å². The zero-order chi connectivity index (χ0) is 17.1. The summed E-state index contributed by atoms with van der Waals surface area (Å²) < 4.78 is 12.3. The highest BCUT2D eigenvalue weighted by molar-refractivity contribution is 5.98. The molecule has 0 heterocycles. The first-order chi connectivity index (χ1) is 9.14. The first kappa shape index (κ1) is 21.1. The van der Waals surface area contributed by atoms with Crippen molar-refractivity contribution in [1.82, 2.24) is 0 Å². The van der Waals surface area contributed by atoms with Crippen molar-refractivity contribution in [3.8, 4) is 0 Å². The van der Waals surface area contributed by atoms with E-state index in [1.54, 1.807) is 0 Å².